The van der Waals surface area contributed by atoms with Gasteiger partial charge in [0.25, 0.3) is 5.91 Å². The first-order chi connectivity index (χ1) is 13.1. The third-order valence-electron chi connectivity index (χ3n) is 4.04. The number of hydrogen-bond donors (Lipinski definition) is 2. The number of amides is 1. The summed E-state index contributed by atoms with van der Waals surface area (Å²) < 4.78 is 13.1. The van der Waals surface area contributed by atoms with Crippen molar-refractivity contribution in [2.75, 3.05) is 0 Å². The van der Waals surface area contributed by atoms with E-state index < -0.39 is 5.91 Å². The van der Waals surface area contributed by atoms with Crippen molar-refractivity contribution in [3.63, 3.8) is 0 Å². The summed E-state index contributed by atoms with van der Waals surface area (Å²) in [5.41, 5.74) is 3.93. The van der Waals surface area contributed by atoms with Gasteiger partial charge in [0.05, 0.1) is 11.9 Å². The Morgan fingerprint density at radius 1 is 1.22 bits per heavy atom. The Morgan fingerprint density at radius 2 is 1.93 bits per heavy atom. The smallest absolute Gasteiger partial charge is 0.262 e. The zero-order valence-electron chi connectivity index (χ0n) is 14.7. The number of nitriles is 1. The van der Waals surface area contributed by atoms with Crippen molar-refractivity contribution in [3.8, 4) is 17.3 Å². The second kappa shape index (κ2) is 8.11. The predicted octanol–water partition coefficient (Wildman–Crippen LogP) is 3.75. The number of benzene rings is 2. The summed E-state index contributed by atoms with van der Waals surface area (Å²) >= 11 is 0. The zero-order chi connectivity index (χ0) is 19.2. The van der Waals surface area contributed by atoms with E-state index in [-0.39, 0.29) is 11.4 Å². The molecule has 0 aliphatic heterocycles. The highest BCUT2D eigenvalue weighted by Crippen LogP contribution is 2.23. The standard InChI is InChI=1S/C21H17FN4O/c1-14-2-4-15(5-3-14)12-24-21(27)17(11-23)10-18-13-25-26-20(18)16-6-8-19(22)9-7-16/h2-10,13H,12H2,1H3,(H,24,27)(H,25,26)/b17-10-. The Balaban J connectivity index is 1.77. The minimum absolute atomic E-state index is 0.0353. The zero-order valence-corrected chi connectivity index (χ0v) is 14.7. The molecular weight excluding hydrogens is 343 g/mol. The lowest BCUT2D eigenvalue weighted by Gasteiger charge is -2.05. The van der Waals surface area contributed by atoms with Crippen molar-refractivity contribution in [2.24, 2.45) is 0 Å². The quantitative estimate of drug-likeness (QED) is 0.537. The first kappa shape index (κ1) is 18.1. The predicted molar refractivity (Wildman–Crippen MR) is 101 cm³/mol. The first-order valence-electron chi connectivity index (χ1n) is 8.31. The van der Waals surface area contributed by atoms with Crippen molar-refractivity contribution in [1.29, 1.82) is 5.26 Å². The van der Waals surface area contributed by atoms with Gasteiger partial charge in [-0.2, -0.15) is 10.4 Å². The van der Waals surface area contributed by atoms with Crippen LogP contribution in [0.1, 0.15) is 16.7 Å². The number of aromatic nitrogens is 2. The van der Waals surface area contributed by atoms with Crippen LogP contribution in [0, 0.1) is 24.1 Å². The normalized spacial score (nSPS) is 11.1. The lowest BCUT2D eigenvalue weighted by molar-refractivity contribution is -0.117. The Kier molecular flexibility index (Phi) is 5.43. The Morgan fingerprint density at radius 3 is 2.59 bits per heavy atom. The van der Waals surface area contributed by atoms with Crippen LogP contribution in [-0.4, -0.2) is 16.1 Å². The van der Waals surface area contributed by atoms with Gasteiger partial charge in [0.2, 0.25) is 0 Å². The highest BCUT2D eigenvalue weighted by atomic mass is 19.1. The molecule has 1 amide bonds. The van der Waals surface area contributed by atoms with E-state index >= 15 is 0 Å². The summed E-state index contributed by atoms with van der Waals surface area (Å²) in [4.78, 5) is 12.4. The topological polar surface area (TPSA) is 81.6 Å². The van der Waals surface area contributed by atoms with Gasteiger partial charge in [-0.15, -0.1) is 0 Å². The van der Waals surface area contributed by atoms with Gasteiger partial charge in [-0.25, -0.2) is 4.39 Å². The third kappa shape index (κ3) is 4.47. The van der Waals surface area contributed by atoms with Gasteiger partial charge in [-0.05, 0) is 42.8 Å². The van der Waals surface area contributed by atoms with Crippen LogP contribution in [0.2, 0.25) is 0 Å². The van der Waals surface area contributed by atoms with Crippen LogP contribution in [0.3, 0.4) is 0 Å². The van der Waals surface area contributed by atoms with Gasteiger partial charge in [0, 0.05) is 17.7 Å². The molecule has 0 unspecified atom stereocenters. The molecule has 27 heavy (non-hydrogen) atoms. The lowest BCUT2D eigenvalue weighted by atomic mass is 10.1. The fourth-order valence-corrected chi connectivity index (χ4v) is 2.54. The number of nitrogens with zero attached hydrogens (tertiary/aromatic N) is 2. The van der Waals surface area contributed by atoms with Crippen LogP contribution in [0.4, 0.5) is 4.39 Å². The summed E-state index contributed by atoms with van der Waals surface area (Å²) in [6.45, 7) is 2.32. The van der Waals surface area contributed by atoms with Crippen molar-refractivity contribution >= 4 is 12.0 Å². The molecule has 134 valence electrons. The molecule has 1 aromatic heterocycles. The molecule has 0 fully saturated rings. The number of halogens is 1. The van der Waals surface area contributed by atoms with E-state index in [9.17, 15) is 14.4 Å². The van der Waals surface area contributed by atoms with Crippen LogP contribution < -0.4 is 5.32 Å². The second-order valence-corrected chi connectivity index (χ2v) is 6.05. The van der Waals surface area contributed by atoms with Crippen molar-refractivity contribution in [3.05, 3.63) is 82.8 Å². The molecule has 0 saturated heterocycles. The molecule has 0 atom stereocenters. The summed E-state index contributed by atoms with van der Waals surface area (Å²) in [7, 11) is 0. The molecule has 5 nitrogen and oxygen atoms in total. The van der Waals surface area contributed by atoms with E-state index in [1.807, 2.05) is 37.3 Å². The molecule has 0 aliphatic carbocycles. The van der Waals surface area contributed by atoms with Gasteiger partial charge in [-0.1, -0.05) is 29.8 Å². The number of hydrogen-bond acceptors (Lipinski definition) is 3. The minimum Gasteiger partial charge on any atom is -0.347 e. The van der Waals surface area contributed by atoms with E-state index in [1.165, 1.54) is 24.4 Å². The number of carbonyl (C=O) groups is 1. The number of carbonyl (C=O) groups excluding carboxylic acids is 1. The van der Waals surface area contributed by atoms with E-state index in [1.54, 1.807) is 12.1 Å². The number of aryl methyl sites for hydroxylation is 1. The first-order valence-corrected chi connectivity index (χ1v) is 8.31. The highest BCUT2D eigenvalue weighted by Gasteiger charge is 2.12. The summed E-state index contributed by atoms with van der Waals surface area (Å²) in [5, 5.41) is 18.9. The summed E-state index contributed by atoms with van der Waals surface area (Å²) in [5.74, 6) is -0.812. The van der Waals surface area contributed by atoms with E-state index in [2.05, 4.69) is 15.5 Å². The Labute approximate surface area is 156 Å². The van der Waals surface area contributed by atoms with Crippen LogP contribution in [-0.2, 0) is 11.3 Å². The van der Waals surface area contributed by atoms with Crippen LogP contribution >= 0.6 is 0 Å². The molecule has 6 heteroatoms. The molecule has 0 aliphatic rings. The van der Waals surface area contributed by atoms with E-state index in [0.29, 0.717) is 23.4 Å². The monoisotopic (exact) mass is 360 g/mol. The molecule has 2 aromatic carbocycles. The largest absolute Gasteiger partial charge is 0.347 e. The molecule has 0 radical (unpaired) electrons. The van der Waals surface area contributed by atoms with Crippen LogP contribution in [0.15, 0.2) is 60.3 Å². The molecule has 1 heterocycles. The van der Waals surface area contributed by atoms with E-state index in [4.69, 9.17) is 0 Å². The van der Waals surface area contributed by atoms with Crippen molar-refractivity contribution < 1.29 is 9.18 Å². The lowest BCUT2D eigenvalue weighted by Crippen LogP contribution is -2.23. The molecule has 3 aromatic rings. The highest BCUT2D eigenvalue weighted by molar-refractivity contribution is 6.02. The van der Waals surface area contributed by atoms with Crippen LogP contribution in [0.25, 0.3) is 17.3 Å². The molecule has 0 bridgehead atoms. The van der Waals surface area contributed by atoms with E-state index in [0.717, 1.165) is 11.1 Å². The summed E-state index contributed by atoms with van der Waals surface area (Å²) in [6.07, 6.45) is 2.98. The average Bonchev–Trinajstić information content (AvgIpc) is 3.14. The van der Waals surface area contributed by atoms with Crippen LogP contribution in [0.5, 0.6) is 0 Å². The number of H-pyrrole nitrogens is 1. The maximum absolute atomic E-state index is 13.1. The van der Waals surface area contributed by atoms with Crippen molar-refractivity contribution in [2.45, 2.75) is 13.5 Å². The number of rotatable bonds is 5. The Hall–Kier alpha value is -3.72. The molecule has 0 saturated carbocycles. The third-order valence-corrected chi connectivity index (χ3v) is 4.04. The fraction of sp³-hybridized carbons (Fsp3) is 0.0952. The molecule has 0 spiro atoms. The van der Waals surface area contributed by atoms with Crippen molar-refractivity contribution in [1.82, 2.24) is 15.5 Å². The number of aromatic amines is 1. The summed E-state index contributed by atoms with van der Waals surface area (Å²) in [6, 6.07) is 15.6. The second-order valence-electron chi connectivity index (χ2n) is 6.05. The molecule has 3 rings (SSSR count). The molecular formula is C21H17FN4O. The molecule has 2 N–H and O–H groups in total. The van der Waals surface area contributed by atoms with Gasteiger partial charge in [-0.3, -0.25) is 9.89 Å². The average molecular weight is 360 g/mol. The van der Waals surface area contributed by atoms with Gasteiger partial charge >= 0.3 is 0 Å². The SMILES string of the molecule is Cc1ccc(CNC(=O)/C(C#N)=C\c2cn[nH]c2-c2ccc(F)cc2)cc1. The van der Waals surface area contributed by atoms with Gasteiger partial charge in [0.1, 0.15) is 17.5 Å². The Bertz CT molecular complexity index is 1010. The maximum atomic E-state index is 13.1. The number of nitrogens with one attached hydrogen (secondary N) is 2. The van der Waals surface area contributed by atoms with Gasteiger partial charge in [0.15, 0.2) is 0 Å². The maximum Gasteiger partial charge on any atom is 0.262 e. The van der Waals surface area contributed by atoms with Gasteiger partial charge < -0.3 is 5.32 Å². The minimum atomic E-state index is -0.468. The fourth-order valence-electron chi connectivity index (χ4n) is 2.54.